The van der Waals surface area contributed by atoms with Crippen LogP contribution in [0.5, 0.6) is 0 Å². The predicted molar refractivity (Wildman–Crippen MR) is 112 cm³/mol. The molecule has 0 spiro atoms. The fraction of sp³-hybridized carbons (Fsp3) is 0.391. The van der Waals surface area contributed by atoms with Crippen LogP contribution in [-0.2, 0) is 4.79 Å². The van der Waals surface area contributed by atoms with E-state index in [0.29, 0.717) is 18.7 Å². The summed E-state index contributed by atoms with van der Waals surface area (Å²) in [5.41, 5.74) is 2.35. The van der Waals surface area contributed by atoms with Crippen LogP contribution in [0.25, 0.3) is 0 Å². The SMILES string of the molecule is O=C(Nc1ccccc1N1CCCC1)C1CCCN(C(=O)c2ccc(F)cc2)C1. The summed E-state index contributed by atoms with van der Waals surface area (Å²) in [7, 11) is 0. The first-order valence-electron chi connectivity index (χ1n) is 10.3. The first-order chi connectivity index (χ1) is 14.1. The number of benzene rings is 2. The first-order valence-corrected chi connectivity index (χ1v) is 10.3. The Morgan fingerprint density at radius 3 is 2.41 bits per heavy atom. The van der Waals surface area contributed by atoms with Crippen molar-refractivity contribution < 1.29 is 14.0 Å². The first kappa shape index (κ1) is 19.4. The molecule has 1 N–H and O–H groups in total. The highest BCUT2D eigenvalue weighted by molar-refractivity contribution is 5.97. The number of piperidine rings is 1. The van der Waals surface area contributed by atoms with E-state index < -0.39 is 0 Å². The van der Waals surface area contributed by atoms with Gasteiger partial charge in [0.2, 0.25) is 5.91 Å². The topological polar surface area (TPSA) is 52.7 Å². The van der Waals surface area contributed by atoms with E-state index in [1.807, 2.05) is 24.3 Å². The second kappa shape index (κ2) is 8.64. The zero-order valence-electron chi connectivity index (χ0n) is 16.4. The second-order valence-electron chi connectivity index (χ2n) is 7.80. The minimum atomic E-state index is -0.367. The summed E-state index contributed by atoms with van der Waals surface area (Å²) in [6.07, 6.45) is 3.88. The number of hydrogen-bond acceptors (Lipinski definition) is 3. The Hall–Kier alpha value is -2.89. The van der Waals surface area contributed by atoms with Crippen LogP contribution in [0.3, 0.4) is 0 Å². The highest BCUT2D eigenvalue weighted by Crippen LogP contribution is 2.30. The van der Waals surface area contributed by atoms with Gasteiger partial charge in [0.15, 0.2) is 0 Å². The number of anilines is 2. The summed E-state index contributed by atoms with van der Waals surface area (Å²) < 4.78 is 13.1. The quantitative estimate of drug-likeness (QED) is 0.854. The monoisotopic (exact) mass is 395 g/mol. The summed E-state index contributed by atoms with van der Waals surface area (Å²) >= 11 is 0. The number of amides is 2. The number of para-hydroxylation sites is 2. The van der Waals surface area contributed by atoms with Gasteiger partial charge in [0, 0.05) is 31.7 Å². The average molecular weight is 395 g/mol. The molecule has 29 heavy (non-hydrogen) atoms. The molecule has 1 unspecified atom stereocenters. The number of hydrogen-bond donors (Lipinski definition) is 1. The normalized spacial score (nSPS) is 19.3. The van der Waals surface area contributed by atoms with Crippen LogP contribution in [0.1, 0.15) is 36.0 Å². The summed E-state index contributed by atoms with van der Waals surface area (Å²) in [6, 6.07) is 13.5. The molecule has 2 saturated heterocycles. The van der Waals surface area contributed by atoms with Gasteiger partial charge in [0.05, 0.1) is 17.3 Å². The number of rotatable bonds is 4. The van der Waals surface area contributed by atoms with Crippen LogP contribution in [-0.4, -0.2) is 42.9 Å². The lowest BCUT2D eigenvalue weighted by Gasteiger charge is -2.32. The molecule has 152 valence electrons. The van der Waals surface area contributed by atoms with E-state index >= 15 is 0 Å². The molecule has 0 aliphatic carbocycles. The Morgan fingerprint density at radius 1 is 0.931 bits per heavy atom. The van der Waals surface area contributed by atoms with Crippen molar-refractivity contribution >= 4 is 23.2 Å². The van der Waals surface area contributed by atoms with Crippen molar-refractivity contribution in [1.82, 2.24) is 4.90 Å². The van der Waals surface area contributed by atoms with Gasteiger partial charge in [-0.3, -0.25) is 9.59 Å². The van der Waals surface area contributed by atoms with E-state index in [4.69, 9.17) is 0 Å². The molecule has 2 aromatic rings. The van der Waals surface area contributed by atoms with Crippen molar-refractivity contribution in [2.45, 2.75) is 25.7 Å². The molecule has 2 aromatic carbocycles. The van der Waals surface area contributed by atoms with Gasteiger partial charge in [0.1, 0.15) is 5.82 Å². The summed E-state index contributed by atoms with van der Waals surface area (Å²) in [6.45, 7) is 3.02. The van der Waals surface area contributed by atoms with E-state index in [2.05, 4.69) is 10.2 Å². The summed E-state index contributed by atoms with van der Waals surface area (Å²) in [5.74, 6) is -0.817. The van der Waals surface area contributed by atoms with Crippen molar-refractivity contribution in [1.29, 1.82) is 0 Å². The van der Waals surface area contributed by atoms with Crippen LogP contribution in [0, 0.1) is 11.7 Å². The van der Waals surface area contributed by atoms with Crippen LogP contribution >= 0.6 is 0 Å². The van der Waals surface area contributed by atoms with Crippen LogP contribution in [0.2, 0.25) is 0 Å². The number of likely N-dealkylation sites (tertiary alicyclic amines) is 1. The van der Waals surface area contributed by atoms with Crippen LogP contribution in [0.15, 0.2) is 48.5 Å². The number of carbonyl (C=O) groups is 2. The zero-order chi connectivity index (χ0) is 20.2. The molecule has 2 aliphatic rings. The van der Waals surface area contributed by atoms with Crippen LogP contribution in [0.4, 0.5) is 15.8 Å². The third kappa shape index (κ3) is 4.42. The fourth-order valence-corrected chi connectivity index (χ4v) is 4.20. The van der Waals surface area contributed by atoms with Gasteiger partial charge in [0.25, 0.3) is 5.91 Å². The Balaban J connectivity index is 1.43. The van der Waals surface area contributed by atoms with Gasteiger partial charge in [-0.25, -0.2) is 4.39 Å². The van der Waals surface area contributed by atoms with Gasteiger partial charge in [-0.15, -0.1) is 0 Å². The lowest BCUT2D eigenvalue weighted by atomic mass is 9.96. The molecule has 0 aromatic heterocycles. The Labute approximate surface area is 170 Å². The maximum atomic E-state index is 13.1. The zero-order valence-corrected chi connectivity index (χ0v) is 16.4. The maximum Gasteiger partial charge on any atom is 0.253 e. The number of nitrogens with zero attached hydrogens (tertiary/aromatic N) is 2. The minimum Gasteiger partial charge on any atom is -0.370 e. The third-order valence-electron chi connectivity index (χ3n) is 5.78. The average Bonchev–Trinajstić information content (AvgIpc) is 3.29. The van der Waals surface area contributed by atoms with E-state index in [-0.39, 0.29) is 23.5 Å². The molecule has 6 heteroatoms. The molecule has 0 saturated carbocycles. The van der Waals surface area contributed by atoms with E-state index in [0.717, 1.165) is 37.3 Å². The molecule has 2 heterocycles. The number of nitrogens with one attached hydrogen (secondary N) is 1. The Kier molecular flexibility index (Phi) is 5.79. The highest BCUT2D eigenvalue weighted by Gasteiger charge is 2.29. The van der Waals surface area contributed by atoms with Gasteiger partial charge in [-0.05, 0) is 62.1 Å². The number of carbonyl (C=O) groups excluding carboxylic acids is 2. The third-order valence-corrected chi connectivity index (χ3v) is 5.78. The van der Waals surface area contributed by atoms with E-state index in [9.17, 15) is 14.0 Å². The number of halogens is 1. The second-order valence-corrected chi connectivity index (χ2v) is 7.80. The maximum absolute atomic E-state index is 13.1. The van der Waals surface area contributed by atoms with Gasteiger partial charge < -0.3 is 15.1 Å². The molecule has 5 nitrogen and oxygen atoms in total. The predicted octanol–water partition coefficient (Wildman–Crippen LogP) is 3.92. The smallest absolute Gasteiger partial charge is 0.253 e. The van der Waals surface area contributed by atoms with Crippen molar-refractivity contribution in [3.8, 4) is 0 Å². The van der Waals surface area contributed by atoms with Crippen molar-refractivity contribution in [3.63, 3.8) is 0 Å². The van der Waals surface area contributed by atoms with Gasteiger partial charge in [-0.1, -0.05) is 12.1 Å². The highest BCUT2D eigenvalue weighted by atomic mass is 19.1. The molecule has 2 aliphatic heterocycles. The van der Waals surface area contributed by atoms with E-state index in [1.54, 1.807) is 4.90 Å². The molecule has 0 bridgehead atoms. The molecule has 4 rings (SSSR count). The molecule has 2 fully saturated rings. The van der Waals surface area contributed by atoms with Crippen molar-refractivity contribution in [2.75, 3.05) is 36.4 Å². The lowest BCUT2D eigenvalue weighted by molar-refractivity contribution is -0.121. The largest absolute Gasteiger partial charge is 0.370 e. The summed E-state index contributed by atoms with van der Waals surface area (Å²) in [5, 5.41) is 3.10. The van der Waals surface area contributed by atoms with Crippen molar-refractivity contribution in [3.05, 3.63) is 59.9 Å². The molecule has 2 amide bonds. The van der Waals surface area contributed by atoms with Gasteiger partial charge in [-0.2, -0.15) is 0 Å². The van der Waals surface area contributed by atoms with Gasteiger partial charge >= 0.3 is 0 Å². The lowest BCUT2D eigenvalue weighted by Crippen LogP contribution is -2.43. The fourth-order valence-electron chi connectivity index (χ4n) is 4.20. The molecule has 0 radical (unpaired) electrons. The van der Waals surface area contributed by atoms with E-state index in [1.165, 1.54) is 37.1 Å². The van der Waals surface area contributed by atoms with Crippen molar-refractivity contribution in [2.24, 2.45) is 5.92 Å². The van der Waals surface area contributed by atoms with Crippen LogP contribution < -0.4 is 10.2 Å². The Bertz CT molecular complexity index is 878. The standard InChI is InChI=1S/C23H26FN3O2/c24-19-11-9-17(10-12-19)23(29)27-15-5-6-18(16-27)22(28)25-20-7-1-2-8-21(20)26-13-3-4-14-26/h1-2,7-12,18H,3-6,13-16H2,(H,25,28). The summed E-state index contributed by atoms with van der Waals surface area (Å²) in [4.78, 5) is 29.7. The Morgan fingerprint density at radius 2 is 1.66 bits per heavy atom. The molecular formula is C23H26FN3O2. The molecular weight excluding hydrogens is 369 g/mol. The molecule has 1 atom stereocenters. The minimum absolute atomic E-state index is 0.0479.